The van der Waals surface area contributed by atoms with Crippen LogP contribution in [0.15, 0.2) is 47.5 Å². The first-order valence-electron chi connectivity index (χ1n) is 7.49. The van der Waals surface area contributed by atoms with Crippen molar-refractivity contribution in [3.05, 3.63) is 48.1 Å². The second kappa shape index (κ2) is 6.06. The zero-order valence-corrected chi connectivity index (χ0v) is 14.4. The first-order chi connectivity index (χ1) is 12.2. The van der Waals surface area contributed by atoms with Gasteiger partial charge in [-0.2, -0.15) is 9.97 Å². The Kier molecular flexibility index (Phi) is 3.73. The number of nitrogen functional groups attached to an aromatic ring is 1. The Morgan fingerprint density at radius 3 is 2.44 bits per heavy atom. The lowest BCUT2D eigenvalue weighted by molar-refractivity contribution is 0.415. The van der Waals surface area contributed by atoms with E-state index in [0.717, 1.165) is 32.4 Å². The lowest BCUT2D eigenvalue weighted by atomic mass is 10.3. The summed E-state index contributed by atoms with van der Waals surface area (Å²) in [6.45, 7) is 0. The molecule has 126 valence electrons. The minimum atomic E-state index is 0.186. The Balaban J connectivity index is 1.99. The van der Waals surface area contributed by atoms with Crippen LogP contribution in [-0.2, 0) is 0 Å². The molecule has 0 atom stereocenters. The number of rotatable bonds is 3. The van der Waals surface area contributed by atoms with Crippen LogP contribution in [-0.4, -0.2) is 28.6 Å². The average molecular weight is 353 g/mol. The van der Waals surface area contributed by atoms with E-state index in [2.05, 4.69) is 15.0 Å². The van der Waals surface area contributed by atoms with Gasteiger partial charge in [-0.15, -0.1) is 0 Å². The van der Waals surface area contributed by atoms with Crippen LogP contribution in [0.3, 0.4) is 0 Å². The molecule has 0 fully saturated rings. The van der Waals surface area contributed by atoms with Gasteiger partial charge in [-0.05, 0) is 42.5 Å². The predicted molar refractivity (Wildman–Crippen MR) is 97.6 cm³/mol. The molecule has 4 aromatic rings. The lowest BCUT2D eigenvalue weighted by Gasteiger charge is -2.01. The third kappa shape index (κ3) is 2.76. The third-order valence-electron chi connectivity index (χ3n) is 3.73. The zero-order chi connectivity index (χ0) is 17.4. The predicted octanol–water partition coefficient (Wildman–Crippen LogP) is 2.78. The molecule has 0 aliphatic heterocycles. The van der Waals surface area contributed by atoms with Crippen LogP contribution in [0.25, 0.3) is 15.2 Å². The molecule has 2 aromatic heterocycles. The van der Waals surface area contributed by atoms with E-state index in [-0.39, 0.29) is 5.95 Å². The van der Waals surface area contributed by atoms with E-state index >= 15 is 0 Å². The molecule has 0 saturated heterocycles. The van der Waals surface area contributed by atoms with Gasteiger partial charge in [-0.25, -0.2) is 4.99 Å². The minimum Gasteiger partial charge on any atom is -0.497 e. The zero-order valence-electron chi connectivity index (χ0n) is 13.6. The Bertz CT molecular complexity index is 1130. The highest BCUT2D eigenvalue weighted by molar-refractivity contribution is 7.23. The van der Waals surface area contributed by atoms with Gasteiger partial charge in [-0.1, -0.05) is 11.3 Å². The van der Waals surface area contributed by atoms with Crippen molar-refractivity contribution in [1.82, 2.24) is 14.4 Å². The van der Waals surface area contributed by atoms with Crippen LogP contribution >= 0.6 is 11.3 Å². The van der Waals surface area contributed by atoms with Crippen molar-refractivity contribution in [2.24, 2.45) is 4.99 Å². The highest BCUT2D eigenvalue weighted by Gasteiger charge is 2.10. The summed E-state index contributed by atoms with van der Waals surface area (Å²) in [6.07, 6.45) is 0. The van der Waals surface area contributed by atoms with Crippen LogP contribution in [0.1, 0.15) is 0 Å². The van der Waals surface area contributed by atoms with Gasteiger partial charge in [0.25, 0.3) is 0 Å². The summed E-state index contributed by atoms with van der Waals surface area (Å²) in [4.78, 5) is 14.0. The van der Waals surface area contributed by atoms with Gasteiger partial charge >= 0.3 is 0 Å². The van der Waals surface area contributed by atoms with Gasteiger partial charge in [0.1, 0.15) is 11.5 Å². The smallest absolute Gasteiger partial charge is 0.240 e. The van der Waals surface area contributed by atoms with E-state index in [1.807, 2.05) is 46.9 Å². The monoisotopic (exact) mass is 353 g/mol. The summed E-state index contributed by atoms with van der Waals surface area (Å²) < 4.78 is 13.4. The Hall–Kier alpha value is -3.13. The second-order valence-electron chi connectivity index (χ2n) is 5.25. The highest BCUT2D eigenvalue weighted by atomic mass is 32.1. The first kappa shape index (κ1) is 15.4. The molecule has 7 nitrogen and oxygen atoms in total. The number of hydrogen-bond donors (Lipinski definition) is 1. The summed E-state index contributed by atoms with van der Waals surface area (Å²) in [5.74, 6) is 1.74. The maximum absolute atomic E-state index is 5.87. The normalized spacial score (nSPS) is 12.0. The number of methoxy groups -OCH3 is 2. The maximum Gasteiger partial charge on any atom is 0.240 e. The number of nitrogens with two attached hydrogens (primary N) is 1. The standard InChI is InChI=1S/C17H15N5O2S/c1-23-11-5-3-10(4-6-11)19-16-20-15(18)21-17-22(16)13-8-7-12(24-2)9-14(13)25-17/h3-9H,1-2H3,(H2,18,19,20). The number of benzene rings is 2. The summed E-state index contributed by atoms with van der Waals surface area (Å²) >= 11 is 1.51. The quantitative estimate of drug-likeness (QED) is 0.612. The molecular formula is C17H15N5O2S. The average Bonchev–Trinajstić information content (AvgIpc) is 2.99. The van der Waals surface area contributed by atoms with E-state index in [1.54, 1.807) is 14.2 Å². The molecule has 0 saturated carbocycles. The topological polar surface area (TPSA) is 87.0 Å². The number of fused-ring (bicyclic) bond motifs is 3. The van der Waals surface area contributed by atoms with E-state index in [0.29, 0.717) is 5.62 Å². The Labute approximate surface area is 147 Å². The second-order valence-corrected chi connectivity index (χ2v) is 6.25. The van der Waals surface area contributed by atoms with Gasteiger partial charge in [0.2, 0.25) is 16.5 Å². The van der Waals surface area contributed by atoms with Gasteiger partial charge in [-0.3, -0.25) is 4.40 Å². The summed E-state index contributed by atoms with van der Waals surface area (Å²) in [5, 5.41) is 0. The van der Waals surface area contributed by atoms with Gasteiger partial charge in [0.05, 0.1) is 30.1 Å². The van der Waals surface area contributed by atoms with Crippen molar-refractivity contribution in [2.45, 2.75) is 0 Å². The molecule has 8 heteroatoms. The van der Waals surface area contributed by atoms with E-state index < -0.39 is 0 Å². The fourth-order valence-electron chi connectivity index (χ4n) is 2.52. The van der Waals surface area contributed by atoms with Crippen molar-refractivity contribution in [3.63, 3.8) is 0 Å². The molecule has 2 aromatic carbocycles. The van der Waals surface area contributed by atoms with Crippen molar-refractivity contribution < 1.29 is 9.47 Å². The highest BCUT2D eigenvalue weighted by Crippen LogP contribution is 2.28. The molecule has 25 heavy (non-hydrogen) atoms. The number of ether oxygens (including phenoxy) is 2. The molecule has 0 unspecified atom stereocenters. The summed E-state index contributed by atoms with van der Waals surface area (Å²) in [5.41, 5.74) is 8.05. The van der Waals surface area contributed by atoms with Crippen molar-refractivity contribution in [3.8, 4) is 11.5 Å². The number of nitrogens with zero attached hydrogens (tertiary/aromatic N) is 4. The molecule has 2 N–H and O–H groups in total. The van der Waals surface area contributed by atoms with Crippen LogP contribution in [0.2, 0.25) is 0 Å². The van der Waals surface area contributed by atoms with E-state index in [4.69, 9.17) is 15.2 Å². The van der Waals surface area contributed by atoms with E-state index in [1.165, 1.54) is 11.3 Å². The van der Waals surface area contributed by atoms with Gasteiger partial charge in [0.15, 0.2) is 0 Å². The Morgan fingerprint density at radius 2 is 1.72 bits per heavy atom. The van der Waals surface area contributed by atoms with Crippen LogP contribution < -0.4 is 20.8 Å². The fourth-order valence-corrected chi connectivity index (χ4v) is 3.57. The molecular weight excluding hydrogens is 338 g/mol. The molecule has 0 amide bonds. The van der Waals surface area contributed by atoms with Crippen LogP contribution in [0.5, 0.6) is 11.5 Å². The van der Waals surface area contributed by atoms with Crippen LogP contribution in [0, 0.1) is 0 Å². The van der Waals surface area contributed by atoms with Crippen molar-refractivity contribution >= 4 is 38.2 Å². The minimum absolute atomic E-state index is 0.186. The SMILES string of the molecule is COc1ccc(N=c2nc(N)nc3sc4cc(OC)ccc4n23)cc1. The lowest BCUT2D eigenvalue weighted by Crippen LogP contribution is -2.20. The molecule has 0 spiro atoms. The van der Waals surface area contributed by atoms with E-state index in [9.17, 15) is 0 Å². The molecule has 0 aliphatic carbocycles. The Morgan fingerprint density at radius 1 is 1.00 bits per heavy atom. The third-order valence-corrected chi connectivity index (χ3v) is 4.73. The largest absolute Gasteiger partial charge is 0.497 e. The summed E-state index contributed by atoms with van der Waals surface area (Å²) in [6, 6.07) is 13.2. The van der Waals surface area contributed by atoms with Crippen molar-refractivity contribution in [2.75, 3.05) is 20.0 Å². The fraction of sp³-hybridized carbons (Fsp3) is 0.118. The first-order valence-corrected chi connectivity index (χ1v) is 8.31. The number of aromatic nitrogens is 3. The maximum atomic E-state index is 5.87. The summed E-state index contributed by atoms with van der Waals surface area (Å²) in [7, 11) is 3.27. The van der Waals surface area contributed by atoms with Crippen molar-refractivity contribution in [1.29, 1.82) is 0 Å². The van der Waals surface area contributed by atoms with Gasteiger partial charge < -0.3 is 15.2 Å². The van der Waals surface area contributed by atoms with Gasteiger partial charge in [0, 0.05) is 0 Å². The number of anilines is 1. The van der Waals surface area contributed by atoms with Crippen LogP contribution in [0.4, 0.5) is 11.6 Å². The number of hydrogen-bond acceptors (Lipinski definition) is 7. The molecule has 0 radical (unpaired) electrons. The molecule has 0 bridgehead atoms. The molecule has 2 heterocycles. The number of thiazole rings is 1. The molecule has 4 rings (SSSR count). The molecule has 0 aliphatic rings.